The Morgan fingerprint density at radius 1 is 1.64 bits per heavy atom. The van der Waals surface area contributed by atoms with E-state index in [4.69, 9.17) is 5.11 Å². The molecule has 1 aromatic rings. The molecule has 3 nitrogen and oxygen atoms in total. The number of thiophene rings is 1. The molecule has 0 saturated heterocycles. The zero-order valence-corrected chi connectivity index (χ0v) is 10.0. The molecule has 1 heterocycles. The topological polar surface area (TPSA) is 57.5 Å². The predicted molar refractivity (Wildman–Crippen MR) is 58.4 cm³/mol. The van der Waals surface area contributed by atoms with Crippen molar-refractivity contribution < 1.29 is 15.0 Å². The lowest BCUT2D eigenvalue weighted by Gasteiger charge is -2.15. The van der Waals surface area contributed by atoms with E-state index in [1.54, 1.807) is 19.1 Å². The zero-order chi connectivity index (χ0) is 10.7. The Morgan fingerprint density at radius 3 is 2.64 bits per heavy atom. The van der Waals surface area contributed by atoms with Crippen LogP contribution >= 0.6 is 27.3 Å². The van der Waals surface area contributed by atoms with E-state index in [1.807, 2.05) is 0 Å². The summed E-state index contributed by atoms with van der Waals surface area (Å²) in [6.45, 7) is 1.75. The van der Waals surface area contributed by atoms with Crippen LogP contribution in [0.3, 0.4) is 0 Å². The molecule has 0 radical (unpaired) electrons. The number of aliphatic carboxylic acids is 1. The van der Waals surface area contributed by atoms with Gasteiger partial charge in [-0.15, -0.1) is 11.3 Å². The Bertz CT molecular complexity index is 324. The van der Waals surface area contributed by atoms with Crippen LogP contribution < -0.4 is 0 Å². The number of hydrogen-bond donors (Lipinski definition) is 2. The first-order valence-corrected chi connectivity index (χ1v) is 5.83. The van der Waals surface area contributed by atoms with Crippen LogP contribution in [-0.4, -0.2) is 16.2 Å². The highest BCUT2D eigenvalue weighted by Crippen LogP contribution is 2.32. The summed E-state index contributed by atoms with van der Waals surface area (Å²) in [4.78, 5) is 11.5. The number of aliphatic hydroxyl groups is 1. The third kappa shape index (κ3) is 2.56. The molecule has 0 aromatic carbocycles. The maximum absolute atomic E-state index is 10.8. The lowest BCUT2D eigenvalue weighted by Crippen LogP contribution is -2.20. The molecule has 0 amide bonds. The second-order valence-electron chi connectivity index (χ2n) is 2.94. The predicted octanol–water partition coefficient (Wildman–Crippen LogP) is 2.65. The average Bonchev–Trinajstić information content (AvgIpc) is 2.52. The molecule has 1 rings (SSSR count). The van der Waals surface area contributed by atoms with Crippen molar-refractivity contribution in [3.05, 3.63) is 20.8 Å². The van der Waals surface area contributed by atoms with E-state index in [0.29, 0.717) is 11.3 Å². The minimum Gasteiger partial charge on any atom is -0.481 e. The SMILES string of the molecule is CCC(C(=O)O)C(O)c1ccc(Br)s1. The summed E-state index contributed by atoms with van der Waals surface area (Å²) in [6, 6.07) is 3.54. The summed E-state index contributed by atoms with van der Waals surface area (Å²) in [5.74, 6) is -1.68. The van der Waals surface area contributed by atoms with Crippen molar-refractivity contribution >= 4 is 33.2 Å². The molecule has 2 unspecified atom stereocenters. The van der Waals surface area contributed by atoms with Crippen LogP contribution in [0.25, 0.3) is 0 Å². The summed E-state index contributed by atoms with van der Waals surface area (Å²) >= 11 is 4.63. The van der Waals surface area contributed by atoms with Crippen molar-refractivity contribution in [2.75, 3.05) is 0 Å². The first kappa shape index (κ1) is 11.7. The second-order valence-corrected chi connectivity index (χ2v) is 5.43. The van der Waals surface area contributed by atoms with Crippen LogP contribution in [0.2, 0.25) is 0 Å². The Kier molecular flexibility index (Phi) is 4.10. The van der Waals surface area contributed by atoms with E-state index in [1.165, 1.54) is 11.3 Å². The van der Waals surface area contributed by atoms with Gasteiger partial charge >= 0.3 is 5.97 Å². The van der Waals surface area contributed by atoms with Crippen molar-refractivity contribution in [3.63, 3.8) is 0 Å². The molecule has 0 aliphatic heterocycles. The Balaban J connectivity index is 2.82. The van der Waals surface area contributed by atoms with E-state index in [2.05, 4.69) is 15.9 Å². The van der Waals surface area contributed by atoms with E-state index >= 15 is 0 Å². The maximum Gasteiger partial charge on any atom is 0.309 e. The molecule has 2 atom stereocenters. The summed E-state index contributed by atoms with van der Waals surface area (Å²) in [5.41, 5.74) is 0. The molecule has 78 valence electrons. The van der Waals surface area contributed by atoms with Crippen molar-refractivity contribution in [2.24, 2.45) is 5.92 Å². The third-order valence-electron chi connectivity index (χ3n) is 2.02. The van der Waals surface area contributed by atoms with Gasteiger partial charge < -0.3 is 10.2 Å². The number of carboxylic acid groups (broad SMARTS) is 1. The van der Waals surface area contributed by atoms with E-state index in [0.717, 1.165) is 3.79 Å². The third-order valence-corrected chi connectivity index (χ3v) is 3.72. The number of carbonyl (C=O) groups is 1. The molecule has 0 aliphatic carbocycles. The highest BCUT2D eigenvalue weighted by Gasteiger charge is 2.26. The van der Waals surface area contributed by atoms with Gasteiger partial charge in [0.05, 0.1) is 9.70 Å². The van der Waals surface area contributed by atoms with Gasteiger partial charge in [0.25, 0.3) is 0 Å². The van der Waals surface area contributed by atoms with E-state index in [-0.39, 0.29) is 0 Å². The number of halogens is 1. The molecule has 5 heteroatoms. The van der Waals surface area contributed by atoms with Gasteiger partial charge in [-0.1, -0.05) is 6.92 Å². The number of rotatable bonds is 4. The average molecular weight is 279 g/mol. The van der Waals surface area contributed by atoms with Crippen molar-refractivity contribution in [1.82, 2.24) is 0 Å². The number of hydrogen-bond acceptors (Lipinski definition) is 3. The molecule has 0 bridgehead atoms. The fraction of sp³-hybridized carbons (Fsp3) is 0.444. The van der Waals surface area contributed by atoms with Gasteiger partial charge in [0.1, 0.15) is 6.10 Å². The Hall–Kier alpha value is -0.390. The smallest absolute Gasteiger partial charge is 0.309 e. The normalized spacial score (nSPS) is 15.1. The number of carboxylic acids is 1. The lowest BCUT2D eigenvalue weighted by atomic mass is 9.99. The molecule has 2 N–H and O–H groups in total. The standard InChI is InChI=1S/C9H11BrO3S/c1-2-5(9(12)13)8(11)6-3-4-7(10)14-6/h3-5,8,11H,2H2,1H3,(H,12,13). The molecule has 14 heavy (non-hydrogen) atoms. The molecule has 0 aliphatic rings. The van der Waals surface area contributed by atoms with Gasteiger partial charge in [-0.2, -0.15) is 0 Å². The van der Waals surface area contributed by atoms with Gasteiger partial charge in [-0.3, -0.25) is 4.79 Å². The molecule has 0 fully saturated rings. The fourth-order valence-corrected chi connectivity index (χ4v) is 2.69. The van der Waals surface area contributed by atoms with Gasteiger partial charge in [-0.25, -0.2) is 0 Å². The first-order valence-electron chi connectivity index (χ1n) is 4.22. The highest BCUT2D eigenvalue weighted by molar-refractivity contribution is 9.11. The van der Waals surface area contributed by atoms with Gasteiger partial charge in [0.15, 0.2) is 0 Å². The van der Waals surface area contributed by atoms with Crippen LogP contribution in [0.15, 0.2) is 15.9 Å². The summed E-state index contributed by atoms with van der Waals surface area (Å²) in [5, 5.41) is 18.6. The highest BCUT2D eigenvalue weighted by atomic mass is 79.9. The van der Waals surface area contributed by atoms with Gasteiger partial charge in [0.2, 0.25) is 0 Å². The summed E-state index contributed by atoms with van der Waals surface area (Å²) < 4.78 is 0.895. The van der Waals surface area contributed by atoms with Crippen LogP contribution in [0, 0.1) is 5.92 Å². The first-order chi connectivity index (χ1) is 6.56. The summed E-state index contributed by atoms with van der Waals surface area (Å²) in [7, 11) is 0. The van der Waals surface area contributed by atoms with Crippen LogP contribution in [0.5, 0.6) is 0 Å². The maximum atomic E-state index is 10.8. The largest absolute Gasteiger partial charge is 0.481 e. The van der Waals surface area contributed by atoms with E-state index in [9.17, 15) is 9.90 Å². The quantitative estimate of drug-likeness (QED) is 0.890. The van der Waals surface area contributed by atoms with Crippen molar-refractivity contribution in [2.45, 2.75) is 19.4 Å². The Labute approximate surface area is 94.5 Å². The molecular weight excluding hydrogens is 268 g/mol. The minimum atomic E-state index is -0.954. The van der Waals surface area contributed by atoms with Crippen LogP contribution in [-0.2, 0) is 4.79 Å². The van der Waals surface area contributed by atoms with E-state index < -0.39 is 18.0 Å². The zero-order valence-electron chi connectivity index (χ0n) is 7.61. The molecule has 0 saturated carbocycles. The molecule has 0 spiro atoms. The second kappa shape index (κ2) is 4.91. The van der Waals surface area contributed by atoms with Crippen LogP contribution in [0.4, 0.5) is 0 Å². The van der Waals surface area contributed by atoms with Gasteiger partial charge in [0, 0.05) is 4.88 Å². The minimum absolute atomic E-state index is 0.423. The molecular formula is C9H11BrO3S. The van der Waals surface area contributed by atoms with Gasteiger partial charge in [-0.05, 0) is 34.5 Å². The number of aliphatic hydroxyl groups excluding tert-OH is 1. The van der Waals surface area contributed by atoms with Crippen molar-refractivity contribution in [3.8, 4) is 0 Å². The summed E-state index contributed by atoms with van der Waals surface area (Å²) in [6.07, 6.45) is -0.486. The fourth-order valence-electron chi connectivity index (χ4n) is 1.22. The Morgan fingerprint density at radius 2 is 2.29 bits per heavy atom. The monoisotopic (exact) mass is 278 g/mol. The molecule has 1 aromatic heterocycles. The van der Waals surface area contributed by atoms with Crippen molar-refractivity contribution in [1.29, 1.82) is 0 Å². The van der Waals surface area contributed by atoms with Crippen LogP contribution in [0.1, 0.15) is 24.3 Å². The lowest BCUT2D eigenvalue weighted by molar-refractivity contribution is -0.145.